The molecule has 0 spiro atoms. The lowest BCUT2D eigenvalue weighted by atomic mass is 10.0. The fourth-order valence-electron chi connectivity index (χ4n) is 1.76. The van der Waals surface area contributed by atoms with Crippen LogP contribution in [0.25, 0.3) is 10.1 Å². The quantitative estimate of drug-likeness (QED) is 0.875. The van der Waals surface area contributed by atoms with E-state index < -0.39 is 0 Å². The van der Waals surface area contributed by atoms with Crippen LogP contribution in [0.1, 0.15) is 25.1 Å². The fraction of sp³-hybridized carbons (Fsp3) is 0.429. The highest BCUT2D eigenvalue weighted by Crippen LogP contribution is 2.35. The monoisotopic (exact) mass is 283 g/mol. The van der Waals surface area contributed by atoms with Gasteiger partial charge in [0, 0.05) is 27.0 Å². The highest BCUT2D eigenvalue weighted by atomic mass is 35.5. The van der Waals surface area contributed by atoms with E-state index in [0.717, 1.165) is 21.7 Å². The molecule has 1 aromatic carbocycles. The summed E-state index contributed by atoms with van der Waals surface area (Å²) in [6.07, 6.45) is 0.881. The molecule has 4 heteroatoms. The predicted molar refractivity (Wildman–Crippen MR) is 79.5 cm³/mol. The number of fused-ring (bicyclic) bond motifs is 1. The number of thiophene rings is 1. The van der Waals surface area contributed by atoms with Gasteiger partial charge in [-0.25, -0.2) is 0 Å². The van der Waals surface area contributed by atoms with Crippen molar-refractivity contribution in [3.05, 3.63) is 34.2 Å². The van der Waals surface area contributed by atoms with E-state index in [4.69, 9.17) is 11.6 Å². The molecule has 0 aliphatic carbocycles. The number of nitrogens with one attached hydrogen (secondary N) is 1. The summed E-state index contributed by atoms with van der Waals surface area (Å²) in [5, 5.41) is 14.7. The molecule has 0 aliphatic rings. The molecule has 0 saturated carbocycles. The largest absolute Gasteiger partial charge is 0.394 e. The Morgan fingerprint density at radius 2 is 2.11 bits per heavy atom. The first kappa shape index (κ1) is 13.8. The number of rotatable bonds is 5. The van der Waals surface area contributed by atoms with Crippen molar-refractivity contribution in [2.24, 2.45) is 0 Å². The van der Waals surface area contributed by atoms with E-state index in [1.807, 2.05) is 25.1 Å². The van der Waals surface area contributed by atoms with Gasteiger partial charge >= 0.3 is 0 Å². The van der Waals surface area contributed by atoms with E-state index in [9.17, 15) is 5.11 Å². The molecule has 98 valence electrons. The van der Waals surface area contributed by atoms with Crippen LogP contribution >= 0.6 is 22.9 Å². The van der Waals surface area contributed by atoms with Crippen molar-refractivity contribution >= 4 is 33.0 Å². The van der Waals surface area contributed by atoms with Gasteiger partial charge in [-0.05, 0) is 19.4 Å². The Labute approximate surface area is 117 Å². The van der Waals surface area contributed by atoms with Gasteiger partial charge < -0.3 is 10.4 Å². The summed E-state index contributed by atoms with van der Waals surface area (Å²) >= 11 is 8.09. The normalized spacial score (nSPS) is 14.9. The molecule has 2 nitrogen and oxygen atoms in total. The highest BCUT2D eigenvalue weighted by molar-refractivity contribution is 7.19. The lowest BCUT2D eigenvalue weighted by molar-refractivity contribution is 0.169. The van der Waals surface area contributed by atoms with Crippen molar-refractivity contribution in [3.8, 4) is 0 Å². The maximum absolute atomic E-state index is 9.38. The average molecular weight is 284 g/mol. The average Bonchev–Trinajstić information content (AvgIpc) is 2.73. The standard InChI is InChI=1S/C14H18ClNOS/c1-3-14(2,9-17)16-8-12-13(15)10-6-4-5-7-11(10)18-12/h4-7,16-17H,3,8-9H2,1-2H3. The zero-order valence-corrected chi connectivity index (χ0v) is 12.2. The van der Waals surface area contributed by atoms with E-state index in [0.29, 0.717) is 6.54 Å². The molecule has 1 atom stereocenters. The van der Waals surface area contributed by atoms with E-state index in [1.165, 1.54) is 4.70 Å². The van der Waals surface area contributed by atoms with Crippen LogP contribution in [0.4, 0.5) is 0 Å². The number of hydrogen-bond acceptors (Lipinski definition) is 3. The van der Waals surface area contributed by atoms with Crippen molar-refractivity contribution in [1.82, 2.24) is 5.32 Å². The molecule has 1 heterocycles. The highest BCUT2D eigenvalue weighted by Gasteiger charge is 2.21. The summed E-state index contributed by atoms with van der Waals surface area (Å²) in [6, 6.07) is 8.15. The first-order valence-corrected chi connectivity index (χ1v) is 7.31. The Morgan fingerprint density at radius 1 is 1.39 bits per heavy atom. The van der Waals surface area contributed by atoms with Crippen molar-refractivity contribution in [3.63, 3.8) is 0 Å². The molecule has 0 amide bonds. The van der Waals surface area contributed by atoms with Gasteiger partial charge in [-0.2, -0.15) is 0 Å². The van der Waals surface area contributed by atoms with Crippen LogP contribution in [0.15, 0.2) is 24.3 Å². The third-order valence-electron chi connectivity index (χ3n) is 3.41. The Morgan fingerprint density at radius 3 is 2.72 bits per heavy atom. The maximum Gasteiger partial charge on any atom is 0.0636 e. The minimum atomic E-state index is -0.237. The van der Waals surface area contributed by atoms with Gasteiger partial charge in [-0.1, -0.05) is 36.7 Å². The van der Waals surface area contributed by atoms with Crippen LogP contribution in [0.3, 0.4) is 0 Å². The second kappa shape index (κ2) is 5.57. The van der Waals surface area contributed by atoms with Crippen LogP contribution in [0.2, 0.25) is 5.02 Å². The molecule has 0 fully saturated rings. The van der Waals surface area contributed by atoms with Gasteiger partial charge in [0.2, 0.25) is 0 Å². The third kappa shape index (κ3) is 2.69. The SMILES string of the molecule is CCC(C)(CO)NCc1sc2ccccc2c1Cl. The Hall–Kier alpha value is -0.610. The first-order valence-electron chi connectivity index (χ1n) is 6.11. The summed E-state index contributed by atoms with van der Waals surface area (Å²) in [5.74, 6) is 0. The number of hydrogen-bond donors (Lipinski definition) is 2. The minimum absolute atomic E-state index is 0.131. The molecule has 0 saturated heterocycles. The molecule has 0 bridgehead atoms. The van der Waals surface area contributed by atoms with Gasteiger partial charge in [-0.15, -0.1) is 11.3 Å². The molecule has 2 aromatic rings. The van der Waals surface area contributed by atoms with Crippen LogP contribution < -0.4 is 5.32 Å². The lowest BCUT2D eigenvalue weighted by Crippen LogP contribution is -2.44. The second-order valence-electron chi connectivity index (χ2n) is 4.76. The molecule has 0 aliphatic heterocycles. The first-order chi connectivity index (χ1) is 8.59. The van der Waals surface area contributed by atoms with Crippen LogP contribution in [-0.4, -0.2) is 17.3 Å². The van der Waals surface area contributed by atoms with Crippen molar-refractivity contribution in [2.45, 2.75) is 32.4 Å². The Bertz CT molecular complexity index is 534. The van der Waals surface area contributed by atoms with E-state index in [-0.39, 0.29) is 12.1 Å². The Balaban J connectivity index is 2.20. The number of aliphatic hydroxyl groups excluding tert-OH is 1. The lowest BCUT2D eigenvalue weighted by Gasteiger charge is -2.27. The summed E-state index contributed by atoms with van der Waals surface area (Å²) in [4.78, 5) is 1.13. The topological polar surface area (TPSA) is 32.3 Å². The Kier molecular flexibility index (Phi) is 4.28. The van der Waals surface area contributed by atoms with Crippen molar-refractivity contribution < 1.29 is 5.11 Å². The van der Waals surface area contributed by atoms with Crippen molar-refractivity contribution in [1.29, 1.82) is 0 Å². The van der Waals surface area contributed by atoms with Gasteiger partial charge in [0.25, 0.3) is 0 Å². The molecule has 2 rings (SSSR count). The van der Waals surface area contributed by atoms with Gasteiger partial charge in [-0.3, -0.25) is 0 Å². The van der Waals surface area contributed by atoms with Gasteiger partial charge in [0.1, 0.15) is 0 Å². The van der Waals surface area contributed by atoms with Crippen LogP contribution in [0.5, 0.6) is 0 Å². The third-order valence-corrected chi connectivity index (χ3v) is 5.12. The molecular formula is C14H18ClNOS. The molecule has 1 unspecified atom stereocenters. The van der Waals surface area contributed by atoms with Crippen molar-refractivity contribution in [2.75, 3.05) is 6.61 Å². The smallest absolute Gasteiger partial charge is 0.0636 e. The maximum atomic E-state index is 9.38. The number of aliphatic hydroxyl groups is 1. The van der Waals surface area contributed by atoms with E-state index >= 15 is 0 Å². The number of halogens is 1. The molecule has 1 aromatic heterocycles. The summed E-state index contributed by atoms with van der Waals surface area (Å²) in [6.45, 7) is 4.92. The van der Waals surface area contributed by atoms with Gasteiger partial charge in [0.05, 0.1) is 11.6 Å². The zero-order valence-electron chi connectivity index (χ0n) is 10.7. The predicted octanol–water partition coefficient (Wildman–Crippen LogP) is 3.81. The van der Waals surface area contributed by atoms with Crippen LogP contribution in [0, 0.1) is 0 Å². The summed E-state index contributed by atoms with van der Waals surface area (Å²) < 4.78 is 1.21. The van der Waals surface area contributed by atoms with E-state index in [2.05, 4.69) is 18.3 Å². The zero-order chi connectivity index (χ0) is 13.2. The fourth-order valence-corrected chi connectivity index (χ4v) is 3.20. The molecule has 0 radical (unpaired) electrons. The summed E-state index contributed by atoms with van der Waals surface area (Å²) in [7, 11) is 0. The summed E-state index contributed by atoms with van der Waals surface area (Å²) in [5.41, 5.74) is -0.237. The van der Waals surface area contributed by atoms with Gasteiger partial charge in [0.15, 0.2) is 0 Å². The van der Waals surface area contributed by atoms with Crippen LogP contribution in [-0.2, 0) is 6.54 Å². The molecule has 18 heavy (non-hydrogen) atoms. The second-order valence-corrected chi connectivity index (χ2v) is 6.28. The molecule has 2 N–H and O–H groups in total. The number of benzene rings is 1. The minimum Gasteiger partial charge on any atom is -0.394 e. The molecular weight excluding hydrogens is 266 g/mol. The van der Waals surface area contributed by atoms with E-state index in [1.54, 1.807) is 11.3 Å².